The summed E-state index contributed by atoms with van der Waals surface area (Å²) in [7, 11) is -3.67. The van der Waals surface area contributed by atoms with Crippen molar-refractivity contribution >= 4 is 21.6 Å². The van der Waals surface area contributed by atoms with Crippen LogP contribution in [0, 0.1) is 5.92 Å². The SMILES string of the molecule is CC(C)(C(=O)Nc1ccc(C(F)(F)F)cn1)S(=O)(=O)CC1CC1. The summed E-state index contributed by atoms with van der Waals surface area (Å²) in [4.78, 5) is 15.7. The minimum atomic E-state index is -4.53. The normalized spacial score (nSPS) is 16.2. The van der Waals surface area contributed by atoms with Gasteiger partial charge in [0.2, 0.25) is 5.91 Å². The van der Waals surface area contributed by atoms with Crippen LogP contribution in [0.4, 0.5) is 19.0 Å². The quantitative estimate of drug-likeness (QED) is 0.886. The predicted molar refractivity (Wildman–Crippen MR) is 78.5 cm³/mol. The Labute approximate surface area is 132 Å². The molecule has 1 aliphatic carbocycles. The lowest BCUT2D eigenvalue weighted by Crippen LogP contribution is -2.46. The maximum atomic E-state index is 12.4. The summed E-state index contributed by atoms with van der Waals surface area (Å²) in [6.45, 7) is 2.56. The number of nitrogens with one attached hydrogen (secondary N) is 1. The molecule has 1 heterocycles. The lowest BCUT2D eigenvalue weighted by atomic mass is 10.2. The van der Waals surface area contributed by atoms with Crippen molar-refractivity contribution in [2.75, 3.05) is 11.1 Å². The second kappa shape index (κ2) is 5.77. The first-order chi connectivity index (χ1) is 10.4. The highest BCUT2D eigenvalue weighted by atomic mass is 32.2. The number of halogens is 3. The van der Waals surface area contributed by atoms with Crippen LogP contribution in [0.5, 0.6) is 0 Å². The number of nitrogens with zero attached hydrogens (tertiary/aromatic N) is 1. The number of hydrogen-bond donors (Lipinski definition) is 1. The van der Waals surface area contributed by atoms with E-state index in [1.54, 1.807) is 0 Å². The van der Waals surface area contributed by atoms with Gasteiger partial charge in [-0.05, 0) is 44.7 Å². The molecule has 0 unspecified atom stereocenters. The molecule has 0 atom stereocenters. The van der Waals surface area contributed by atoms with Gasteiger partial charge in [-0.15, -0.1) is 0 Å². The van der Waals surface area contributed by atoms with E-state index >= 15 is 0 Å². The van der Waals surface area contributed by atoms with Gasteiger partial charge in [0.05, 0.1) is 11.3 Å². The summed E-state index contributed by atoms with van der Waals surface area (Å²) >= 11 is 0. The molecule has 1 aromatic heterocycles. The number of aromatic nitrogens is 1. The average molecular weight is 350 g/mol. The summed E-state index contributed by atoms with van der Waals surface area (Å²) in [5, 5.41) is 2.26. The van der Waals surface area contributed by atoms with Crippen molar-refractivity contribution in [1.82, 2.24) is 4.98 Å². The maximum Gasteiger partial charge on any atom is 0.417 e. The second-order valence-corrected chi connectivity index (χ2v) is 8.70. The summed E-state index contributed by atoms with van der Waals surface area (Å²) in [6, 6.07) is 1.76. The summed E-state index contributed by atoms with van der Waals surface area (Å²) in [6.07, 6.45) is -2.28. The number of carbonyl (C=O) groups excluding carboxylic acids is 1. The Bertz CT molecular complexity index is 693. The lowest BCUT2D eigenvalue weighted by Gasteiger charge is -2.23. The van der Waals surface area contributed by atoms with Crippen LogP contribution in [0.15, 0.2) is 18.3 Å². The molecule has 1 aromatic rings. The van der Waals surface area contributed by atoms with Gasteiger partial charge in [-0.3, -0.25) is 4.79 Å². The fourth-order valence-electron chi connectivity index (χ4n) is 1.85. The number of alkyl halides is 3. The van der Waals surface area contributed by atoms with Gasteiger partial charge in [0.25, 0.3) is 0 Å². The third-order valence-corrected chi connectivity index (χ3v) is 6.46. The van der Waals surface area contributed by atoms with Crippen LogP contribution in [0.25, 0.3) is 0 Å². The van der Waals surface area contributed by atoms with E-state index in [-0.39, 0.29) is 17.5 Å². The van der Waals surface area contributed by atoms with Gasteiger partial charge < -0.3 is 5.32 Å². The molecule has 128 valence electrons. The number of sulfone groups is 1. The first kappa shape index (κ1) is 17.7. The Morgan fingerprint density at radius 3 is 2.35 bits per heavy atom. The summed E-state index contributed by atoms with van der Waals surface area (Å²) < 4.78 is 60.2. The fraction of sp³-hybridized carbons (Fsp3) is 0.571. The molecular weight excluding hydrogens is 333 g/mol. The minimum absolute atomic E-state index is 0.0616. The van der Waals surface area contributed by atoms with Crippen LogP contribution in [0.3, 0.4) is 0 Å². The van der Waals surface area contributed by atoms with Gasteiger partial charge >= 0.3 is 6.18 Å². The van der Waals surface area contributed by atoms with Crippen LogP contribution in [-0.2, 0) is 20.8 Å². The molecule has 0 spiro atoms. The largest absolute Gasteiger partial charge is 0.417 e. The van der Waals surface area contributed by atoms with Crippen LogP contribution in [0.2, 0.25) is 0 Å². The Hall–Kier alpha value is -1.64. The van der Waals surface area contributed by atoms with E-state index in [1.165, 1.54) is 13.8 Å². The standard InChI is InChI=1S/C14H17F3N2O3S/c1-13(2,23(21,22)8-9-3-4-9)12(20)19-11-6-5-10(7-18-11)14(15,16)17/h5-7,9H,3-4,8H2,1-2H3,(H,18,19,20). The molecule has 1 amide bonds. The monoisotopic (exact) mass is 350 g/mol. The van der Waals surface area contributed by atoms with E-state index in [9.17, 15) is 26.4 Å². The van der Waals surface area contributed by atoms with Crippen molar-refractivity contribution in [2.24, 2.45) is 5.92 Å². The zero-order chi connectivity index (χ0) is 17.5. The highest BCUT2D eigenvalue weighted by Gasteiger charge is 2.44. The van der Waals surface area contributed by atoms with Crippen molar-refractivity contribution < 1.29 is 26.4 Å². The molecule has 0 radical (unpaired) electrons. The Morgan fingerprint density at radius 1 is 1.30 bits per heavy atom. The summed E-state index contributed by atoms with van der Waals surface area (Å²) in [5.74, 6) is -0.909. The molecular formula is C14H17F3N2O3S. The number of carbonyl (C=O) groups is 1. The van der Waals surface area contributed by atoms with Crippen molar-refractivity contribution in [1.29, 1.82) is 0 Å². The minimum Gasteiger partial charge on any atom is -0.309 e. The Morgan fingerprint density at radius 2 is 1.91 bits per heavy atom. The molecule has 23 heavy (non-hydrogen) atoms. The van der Waals surface area contributed by atoms with E-state index in [1.807, 2.05) is 0 Å². The Balaban J connectivity index is 2.11. The molecule has 0 aliphatic heterocycles. The molecule has 2 rings (SSSR count). The fourth-order valence-corrected chi connectivity index (χ4v) is 3.55. The van der Waals surface area contributed by atoms with E-state index in [0.717, 1.165) is 25.0 Å². The van der Waals surface area contributed by atoms with Gasteiger partial charge in [0.1, 0.15) is 10.6 Å². The van der Waals surface area contributed by atoms with Crippen LogP contribution >= 0.6 is 0 Å². The molecule has 1 fully saturated rings. The van der Waals surface area contributed by atoms with Crippen LogP contribution in [-0.4, -0.2) is 29.8 Å². The molecule has 5 nitrogen and oxygen atoms in total. The zero-order valence-corrected chi connectivity index (χ0v) is 13.5. The third-order valence-electron chi connectivity index (χ3n) is 3.81. The average Bonchev–Trinajstić information content (AvgIpc) is 3.21. The Kier molecular flexibility index (Phi) is 4.44. The van der Waals surface area contributed by atoms with Crippen molar-refractivity contribution in [2.45, 2.75) is 37.6 Å². The van der Waals surface area contributed by atoms with Crippen LogP contribution < -0.4 is 5.32 Å². The molecule has 0 saturated heterocycles. The topological polar surface area (TPSA) is 76.1 Å². The summed E-state index contributed by atoms with van der Waals surface area (Å²) in [5.41, 5.74) is -0.948. The second-order valence-electron chi connectivity index (χ2n) is 6.12. The van der Waals surface area contributed by atoms with Crippen molar-refractivity contribution in [3.8, 4) is 0 Å². The lowest BCUT2D eigenvalue weighted by molar-refractivity contribution is -0.137. The molecule has 0 aromatic carbocycles. The first-order valence-electron chi connectivity index (χ1n) is 7.00. The van der Waals surface area contributed by atoms with E-state index in [2.05, 4.69) is 10.3 Å². The van der Waals surface area contributed by atoms with E-state index in [4.69, 9.17) is 0 Å². The third kappa shape index (κ3) is 4.01. The van der Waals surface area contributed by atoms with E-state index < -0.39 is 32.2 Å². The highest BCUT2D eigenvalue weighted by molar-refractivity contribution is 7.93. The maximum absolute atomic E-state index is 12.4. The zero-order valence-electron chi connectivity index (χ0n) is 12.6. The number of anilines is 1. The molecule has 0 bridgehead atoms. The van der Waals surface area contributed by atoms with E-state index in [0.29, 0.717) is 6.20 Å². The molecule has 1 aliphatic rings. The first-order valence-corrected chi connectivity index (χ1v) is 8.66. The molecule has 1 saturated carbocycles. The smallest absolute Gasteiger partial charge is 0.309 e. The number of rotatable bonds is 5. The highest BCUT2D eigenvalue weighted by Crippen LogP contribution is 2.34. The predicted octanol–water partition coefficient (Wildman–Crippen LogP) is 2.64. The number of amides is 1. The van der Waals surface area contributed by atoms with Crippen molar-refractivity contribution in [3.63, 3.8) is 0 Å². The number of hydrogen-bond acceptors (Lipinski definition) is 4. The molecule has 9 heteroatoms. The number of pyridine rings is 1. The van der Waals surface area contributed by atoms with Crippen LogP contribution in [0.1, 0.15) is 32.3 Å². The molecule has 1 N–H and O–H groups in total. The van der Waals surface area contributed by atoms with Gasteiger partial charge in [-0.2, -0.15) is 13.2 Å². The van der Waals surface area contributed by atoms with Gasteiger partial charge in [0, 0.05) is 6.20 Å². The van der Waals surface area contributed by atoms with Gasteiger partial charge in [-0.25, -0.2) is 13.4 Å². The van der Waals surface area contributed by atoms with Crippen molar-refractivity contribution in [3.05, 3.63) is 23.9 Å². The van der Waals surface area contributed by atoms with Gasteiger partial charge in [-0.1, -0.05) is 0 Å². The van der Waals surface area contributed by atoms with Gasteiger partial charge in [0.15, 0.2) is 9.84 Å².